The molecule has 0 fully saturated rings. The molecule has 0 aliphatic carbocycles. The average molecular weight is 316 g/mol. The minimum Gasteiger partial charge on any atom is -0.479 e. The fourth-order valence-corrected chi connectivity index (χ4v) is 2.68. The molecule has 4 nitrogen and oxygen atoms in total. The molecule has 0 saturated heterocycles. The van der Waals surface area contributed by atoms with Gasteiger partial charge < -0.3 is 10.2 Å². The van der Waals surface area contributed by atoms with Gasteiger partial charge in [0.15, 0.2) is 11.9 Å². The van der Waals surface area contributed by atoms with Crippen molar-refractivity contribution in [3.05, 3.63) is 71.3 Å². The number of carbonyl (C=O) groups is 2. The largest absolute Gasteiger partial charge is 0.479 e. The second-order valence-corrected chi connectivity index (χ2v) is 5.20. The lowest BCUT2D eigenvalue weighted by atomic mass is 9.88. The second-order valence-electron chi connectivity index (χ2n) is 4.84. The summed E-state index contributed by atoms with van der Waals surface area (Å²) >= 11 is 4.24. The van der Waals surface area contributed by atoms with Crippen LogP contribution in [-0.4, -0.2) is 27.7 Å². The van der Waals surface area contributed by atoms with E-state index in [2.05, 4.69) is 12.6 Å². The van der Waals surface area contributed by atoms with E-state index < -0.39 is 18.0 Å². The number of carboxylic acid groups (broad SMARTS) is 1. The van der Waals surface area contributed by atoms with Crippen molar-refractivity contribution in [2.45, 2.75) is 12.0 Å². The van der Waals surface area contributed by atoms with Gasteiger partial charge in [0.05, 0.1) is 5.92 Å². The number of hydrogen-bond donors (Lipinski definition) is 3. The molecule has 0 radical (unpaired) electrons. The minimum atomic E-state index is -1.73. The number of rotatable bonds is 6. The van der Waals surface area contributed by atoms with Crippen LogP contribution in [-0.2, 0) is 4.79 Å². The summed E-state index contributed by atoms with van der Waals surface area (Å²) in [5, 5.41) is 18.8. The molecule has 0 aromatic heterocycles. The molecule has 0 bridgehead atoms. The maximum Gasteiger partial charge on any atom is 0.337 e. The van der Waals surface area contributed by atoms with E-state index in [0.29, 0.717) is 5.75 Å². The molecule has 0 aliphatic heterocycles. The highest BCUT2D eigenvalue weighted by atomic mass is 32.1. The van der Waals surface area contributed by atoms with Crippen LogP contribution >= 0.6 is 12.6 Å². The summed E-state index contributed by atoms with van der Waals surface area (Å²) < 4.78 is 0. The highest BCUT2D eigenvalue weighted by Crippen LogP contribution is 2.27. The van der Waals surface area contributed by atoms with Crippen LogP contribution in [0, 0.1) is 0 Å². The summed E-state index contributed by atoms with van der Waals surface area (Å²) in [7, 11) is 0. The number of carbonyl (C=O) groups excluding carboxylic acids is 1. The molecule has 0 heterocycles. The molecule has 0 aliphatic rings. The van der Waals surface area contributed by atoms with Crippen molar-refractivity contribution in [2.24, 2.45) is 0 Å². The van der Waals surface area contributed by atoms with Gasteiger partial charge in [-0.2, -0.15) is 12.6 Å². The number of Topliss-reactive ketones (excluding diaryl/α,β-unsaturated/α-hetero) is 1. The standard InChI is InChI=1S/C17H16O4S/c18-15(14(10-22)11-6-2-1-3-7-11)12-8-4-5-9-13(12)16(19)17(20)21/h1-9,14,16,19,22H,10H2,(H,20,21). The molecule has 2 aromatic rings. The van der Waals surface area contributed by atoms with Crippen molar-refractivity contribution in [1.82, 2.24) is 0 Å². The van der Waals surface area contributed by atoms with Crippen molar-refractivity contribution in [3.8, 4) is 0 Å². The Labute approximate surface area is 133 Å². The van der Waals surface area contributed by atoms with Gasteiger partial charge in [0.2, 0.25) is 0 Å². The van der Waals surface area contributed by atoms with Gasteiger partial charge in [0, 0.05) is 16.9 Å². The third-order valence-corrected chi connectivity index (χ3v) is 3.82. The molecular weight excluding hydrogens is 300 g/mol. The van der Waals surface area contributed by atoms with E-state index in [4.69, 9.17) is 5.11 Å². The van der Waals surface area contributed by atoms with Crippen LogP contribution in [0.1, 0.15) is 33.5 Å². The summed E-state index contributed by atoms with van der Waals surface area (Å²) in [6, 6.07) is 15.4. The van der Waals surface area contributed by atoms with Crippen molar-refractivity contribution in [2.75, 3.05) is 5.75 Å². The zero-order valence-electron chi connectivity index (χ0n) is 11.7. The predicted molar refractivity (Wildman–Crippen MR) is 86.4 cm³/mol. The monoisotopic (exact) mass is 316 g/mol. The number of thiol groups is 1. The lowest BCUT2D eigenvalue weighted by Crippen LogP contribution is -2.20. The Morgan fingerprint density at radius 1 is 1.00 bits per heavy atom. The molecule has 114 valence electrons. The van der Waals surface area contributed by atoms with Crippen molar-refractivity contribution in [1.29, 1.82) is 0 Å². The van der Waals surface area contributed by atoms with E-state index in [1.54, 1.807) is 12.1 Å². The Bertz CT molecular complexity index is 669. The lowest BCUT2D eigenvalue weighted by molar-refractivity contribution is -0.146. The number of ketones is 1. The van der Waals surface area contributed by atoms with Crippen LogP contribution in [0.15, 0.2) is 54.6 Å². The van der Waals surface area contributed by atoms with Gasteiger partial charge in [0.1, 0.15) is 0 Å². The average Bonchev–Trinajstić information content (AvgIpc) is 2.55. The smallest absolute Gasteiger partial charge is 0.337 e. The van der Waals surface area contributed by atoms with Crippen molar-refractivity contribution in [3.63, 3.8) is 0 Å². The van der Waals surface area contributed by atoms with E-state index >= 15 is 0 Å². The zero-order valence-corrected chi connectivity index (χ0v) is 12.6. The first-order chi connectivity index (χ1) is 10.6. The van der Waals surface area contributed by atoms with Gasteiger partial charge in [-0.15, -0.1) is 0 Å². The Morgan fingerprint density at radius 3 is 2.18 bits per heavy atom. The highest BCUT2D eigenvalue weighted by Gasteiger charge is 2.27. The third kappa shape index (κ3) is 3.37. The molecule has 2 N–H and O–H groups in total. The third-order valence-electron chi connectivity index (χ3n) is 3.46. The molecule has 2 rings (SSSR count). The molecule has 2 aromatic carbocycles. The fraction of sp³-hybridized carbons (Fsp3) is 0.176. The Balaban J connectivity index is 2.43. The molecule has 2 unspecified atom stereocenters. The van der Waals surface area contributed by atoms with Gasteiger partial charge in [-0.05, 0) is 5.56 Å². The van der Waals surface area contributed by atoms with Gasteiger partial charge in [-0.25, -0.2) is 4.79 Å². The van der Waals surface area contributed by atoms with Crippen LogP contribution < -0.4 is 0 Å². The van der Waals surface area contributed by atoms with E-state index in [1.165, 1.54) is 12.1 Å². The van der Waals surface area contributed by atoms with E-state index in [1.807, 2.05) is 30.3 Å². The Kier molecular flexibility index (Phi) is 5.35. The van der Waals surface area contributed by atoms with E-state index in [-0.39, 0.29) is 16.9 Å². The van der Waals surface area contributed by atoms with Crippen LogP contribution in [0.4, 0.5) is 0 Å². The van der Waals surface area contributed by atoms with Crippen molar-refractivity contribution < 1.29 is 19.8 Å². The predicted octanol–water partition coefficient (Wildman–Crippen LogP) is 2.70. The molecule has 0 saturated carbocycles. The molecule has 0 spiro atoms. The first-order valence-electron chi connectivity index (χ1n) is 6.76. The normalized spacial score (nSPS) is 13.4. The van der Waals surface area contributed by atoms with Crippen LogP contribution in [0.25, 0.3) is 0 Å². The summed E-state index contributed by atoms with van der Waals surface area (Å²) in [5.74, 6) is -1.84. The van der Waals surface area contributed by atoms with Crippen LogP contribution in [0.2, 0.25) is 0 Å². The number of benzene rings is 2. The van der Waals surface area contributed by atoms with E-state index in [0.717, 1.165) is 5.56 Å². The van der Waals surface area contributed by atoms with Gasteiger partial charge in [-0.1, -0.05) is 54.6 Å². The van der Waals surface area contributed by atoms with Crippen LogP contribution in [0.3, 0.4) is 0 Å². The van der Waals surface area contributed by atoms with Crippen LogP contribution in [0.5, 0.6) is 0 Å². The SMILES string of the molecule is O=C(O)C(O)c1ccccc1C(=O)C(CS)c1ccccc1. The first kappa shape index (κ1) is 16.3. The molecule has 5 heteroatoms. The summed E-state index contributed by atoms with van der Waals surface area (Å²) in [6.07, 6.45) is -1.73. The minimum absolute atomic E-state index is 0.0997. The maximum absolute atomic E-state index is 12.8. The molecule has 2 atom stereocenters. The summed E-state index contributed by atoms with van der Waals surface area (Å²) in [5.41, 5.74) is 1.12. The second kappa shape index (κ2) is 7.24. The topological polar surface area (TPSA) is 74.6 Å². The fourth-order valence-electron chi connectivity index (χ4n) is 2.31. The summed E-state index contributed by atoms with van der Waals surface area (Å²) in [4.78, 5) is 23.8. The summed E-state index contributed by atoms with van der Waals surface area (Å²) in [6.45, 7) is 0. The first-order valence-corrected chi connectivity index (χ1v) is 7.39. The molecule has 0 amide bonds. The quantitative estimate of drug-likeness (QED) is 0.566. The Morgan fingerprint density at radius 2 is 1.59 bits per heavy atom. The highest BCUT2D eigenvalue weighted by molar-refractivity contribution is 7.80. The van der Waals surface area contributed by atoms with Gasteiger partial charge in [-0.3, -0.25) is 4.79 Å². The Hall–Kier alpha value is -2.11. The molecule has 22 heavy (non-hydrogen) atoms. The molecular formula is C17H16O4S. The zero-order chi connectivity index (χ0) is 16.1. The number of hydrogen-bond acceptors (Lipinski definition) is 4. The number of aliphatic hydroxyl groups is 1. The van der Waals surface area contributed by atoms with Gasteiger partial charge >= 0.3 is 5.97 Å². The number of aliphatic carboxylic acids is 1. The lowest BCUT2D eigenvalue weighted by Gasteiger charge is -2.17. The number of carboxylic acids is 1. The maximum atomic E-state index is 12.8. The van der Waals surface area contributed by atoms with Crippen molar-refractivity contribution >= 4 is 24.4 Å². The van der Waals surface area contributed by atoms with E-state index in [9.17, 15) is 14.7 Å². The van der Waals surface area contributed by atoms with Gasteiger partial charge in [0.25, 0.3) is 0 Å². The number of aliphatic hydroxyl groups excluding tert-OH is 1.